The van der Waals surface area contributed by atoms with Gasteiger partial charge in [0.1, 0.15) is 6.04 Å². The molecular formula is C11H17N3O5. The predicted octanol–water partition coefficient (Wildman–Crippen LogP) is 0.248. The highest BCUT2D eigenvalue weighted by atomic mass is 16.4. The van der Waals surface area contributed by atoms with Gasteiger partial charge >= 0.3 is 18.0 Å². The number of carboxylic acids is 2. The molecule has 3 N–H and O–H groups in total. The predicted molar refractivity (Wildman–Crippen MR) is 64.3 cm³/mol. The number of nitrogens with zero attached hydrogens (tertiary/aromatic N) is 2. The Morgan fingerprint density at radius 2 is 1.89 bits per heavy atom. The Balaban J connectivity index is 4.71. The Hall–Kier alpha value is -2.30. The van der Waals surface area contributed by atoms with Crippen LogP contribution >= 0.6 is 0 Å². The monoisotopic (exact) mass is 271 g/mol. The number of nitrogens with one attached hydrogen (secondary N) is 1. The molecule has 0 aromatic carbocycles. The van der Waals surface area contributed by atoms with Crippen molar-refractivity contribution in [1.29, 1.82) is 5.26 Å². The normalized spacial score (nSPS) is 11.5. The Kier molecular flexibility index (Phi) is 6.96. The van der Waals surface area contributed by atoms with Gasteiger partial charge in [-0.25, -0.2) is 9.59 Å². The molecule has 0 spiro atoms. The largest absolute Gasteiger partial charge is 0.481 e. The molecule has 2 amide bonds. The lowest BCUT2D eigenvalue weighted by Gasteiger charge is -2.27. The van der Waals surface area contributed by atoms with Gasteiger partial charge in [-0.2, -0.15) is 5.26 Å². The van der Waals surface area contributed by atoms with Crippen LogP contribution in [0.4, 0.5) is 4.79 Å². The fourth-order valence-corrected chi connectivity index (χ4v) is 1.37. The van der Waals surface area contributed by atoms with Crippen molar-refractivity contribution in [2.75, 3.05) is 6.54 Å². The zero-order chi connectivity index (χ0) is 15.0. The summed E-state index contributed by atoms with van der Waals surface area (Å²) in [7, 11) is 0. The first-order chi connectivity index (χ1) is 8.79. The second kappa shape index (κ2) is 7.92. The average Bonchev–Trinajstić information content (AvgIpc) is 2.27. The Bertz CT molecular complexity index is 388. The topological polar surface area (TPSA) is 131 Å². The van der Waals surface area contributed by atoms with E-state index in [1.165, 1.54) is 4.90 Å². The van der Waals surface area contributed by atoms with E-state index in [9.17, 15) is 14.4 Å². The highest BCUT2D eigenvalue weighted by molar-refractivity contribution is 5.86. The summed E-state index contributed by atoms with van der Waals surface area (Å²) in [5.74, 6) is -2.74. The van der Waals surface area contributed by atoms with Gasteiger partial charge in [-0.1, -0.05) is 0 Å². The number of carboxylic acid groups (broad SMARTS) is 2. The summed E-state index contributed by atoms with van der Waals surface area (Å²) >= 11 is 0. The van der Waals surface area contributed by atoms with Gasteiger partial charge < -0.3 is 20.4 Å². The van der Waals surface area contributed by atoms with Crippen LogP contribution in [-0.4, -0.2) is 51.7 Å². The SMILES string of the molecule is CC(C)N(CCC#N)C(=O)NC(CC(=O)O)C(=O)O. The summed E-state index contributed by atoms with van der Waals surface area (Å²) in [6.45, 7) is 3.58. The molecular weight excluding hydrogens is 254 g/mol. The van der Waals surface area contributed by atoms with Crippen LogP contribution in [0.2, 0.25) is 0 Å². The lowest BCUT2D eigenvalue weighted by molar-refractivity contribution is -0.145. The molecule has 0 saturated heterocycles. The molecule has 0 aliphatic rings. The van der Waals surface area contributed by atoms with Crippen molar-refractivity contribution in [2.45, 2.75) is 38.8 Å². The Labute approximate surface area is 110 Å². The van der Waals surface area contributed by atoms with Crippen LogP contribution in [0.5, 0.6) is 0 Å². The van der Waals surface area contributed by atoms with E-state index in [2.05, 4.69) is 5.32 Å². The zero-order valence-electron chi connectivity index (χ0n) is 10.8. The molecule has 0 heterocycles. The first kappa shape index (κ1) is 16.7. The van der Waals surface area contributed by atoms with E-state index >= 15 is 0 Å². The van der Waals surface area contributed by atoms with Gasteiger partial charge in [0, 0.05) is 12.6 Å². The van der Waals surface area contributed by atoms with Crippen LogP contribution in [0.25, 0.3) is 0 Å². The molecule has 0 radical (unpaired) electrons. The van der Waals surface area contributed by atoms with Gasteiger partial charge in [-0.05, 0) is 13.8 Å². The van der Waals surface area contributed by atoms with E-state index in [0.717, 1.165) is 0 Å². The van der Waals surface area contributed by atoms with Crippen molar-refractivity contribution < 1.29 is 24.6 Å². The number of nitriles is 1. The number of hydrogen-bond donors (Lipinski definition) is 3. The third kappa shape index (κ3) is 6.26. The van der Waals surface area contributed by atoms with Crippen LogP contribution in [-0.2, 0) is 9.59 Å². The van der Waals surface area contributed by atoms with Crippen LogP contribution in [0.3, 0.4) is 0 Å². The van der Waals surface area contributed by atoms with Gasteiger partial charge in [-0.15, -0.1) is 0 Å². The summed E-state index contributed by atoms with van der Waals surface area (Å²) in [5.41, 5.74) is 0. The van der Waals surface area contributed by atoms with Crippen LogP contribution in [0, 0.1) is 11.3 Å². The summed E-state index contributed by atoms with van der Waals surface area (Å²) in [6.07, 6.45) is -0.590. The van der Waals surface area contributed by atoms with Gasteiger partial charge in [0.05, 0.1) is 18.9 Å². The highest BCUT2D eigenvalue weighted by Gasteiger charge is 2.26. The van der Waals surface area contributed by atoms with Crippen LogP contribution in [0.1, 0.15) is 26.7 Å². The number of carbonyl (C=O) groups is 3. The summed E-state index contributed by atoms with van der Waals surface area (Å²) in [6, 6.07) is -0.533. The van der Waals surface area contributed by atoms with Crippen molar-refractivity contribution in [2.24, 2.45) is 0 Å². The highest BCUT2D eigenvalue weighted by Crippen LogP contribution is 2.02. The molecule has 0 aromatic rings. The van der Waals surface area contributed by atoms with E-state index in [1.54, 1.807) is 13.8 Å². The minimum Gasteiger partial charge on any atom is -0.481 e. The summed E-state index contributed by atoms with van der Waals surface area (Å²) in [5, 5.41) is 28.0. The van der Waals surface area contributed by atoms with E-state index in [4.69, 9.17) is 15.5 Å². The maximum atomic E-state index is 11.8. The molecule has 106 valence electrons. The Morgan fingerprint density at radius 1 is 1.32 bits per heavy atom. The fourth-order valence-electron chi connectivity index (χ4n) is 1.37. The van der Waals surface area contributed by atoms with Gasteiger partial charge in [0.15, 0.2) is 0 Å². The molecule has 0 bridgehead atoms. The second-order valence-electron chi connectivity index (χ2n) is 4.13. The van der Waals surface area contributed by atoms with Crippen LogP contribution < -0.4 is 5.32 Å². The summed E-state index contributed by atoms with van der Waals surface area (Å²) in [4.78, 5) is 34.4. The number of carbonyl (C=O) groups excluding carboxylic acids is 1. The minimum atomic E-state index is -1.49. The average molecular weight is 271 g/mol. The number of hydrogen-bond acceptors (Lipinski definition) is 4. The molecule has 0 aromatic heterocycles. The maximum Gasteiger partial charge on any atom is 0.326 e. The quantitative estimate of drug-likeness (QED) is 0.608. The smallest absolute Gasteiger partial charge is 0.326 e. The molecule has 0 aliphatic heterocycles. The minimum absolute atomic E-state index is 0.113. The lowest BCUT2D eigenvalue weighted by atomic mass is 10.2. The zero-order valence-corrected chi connectivity index (χ0v) is 10.8. The first-order valence-corrected chi connectivity index (χ1v) is 5.68. The molecule has 19 heavy (non-hydrogen) atoms. The van der Waals surface area contributed by atoms with E-state index in [0.29, 0.717) is 0 Å². The number of urea groups is 1. The molecule has 0 fully saturated rings. The van der Waals surface area contributed by atoms with Crippen molar-refractivity contribution in [1.82, 2.24) is 10.2 Å². The van der Waals surface area contributed by atoms with Crippen molar-refractivity contribution in [3.05, 3.63) is 0 Å². The third-order valence-corrected chi connectivity index (χ3v) is 2.32. The number of aliphatic carboxylic acids is 2. The molecule has 8 heteroatoms. The maximum absolute atomic E-state index is 11.8. The van der Waals surface area contributed by atoms with Crippen molar-refractivity contribution in [3.63, 3.8) is 0 Å². The van der Waals surface area contributed by atoms with Gasteiger partial charge in [-0.3, -0.25) is 4.79 Å². The van der Waals surface area contributed by atoms with Gasteiger partial charge in [0.2, 0.25) is 0 Å². The number of rotatable bonds is 7. The molecule has 8 nitrogen and oxygen atoms in total. The number of amides is 2. The Morgan fingerprint density at radius 3 is 2.26 bits per heavy atom. The van der Waals surface area contributed by atoms with Crippen LogP contribution in [0.15, 0.2) is 0 Å². The molecule has 1 atom stereocenters. The van der Waals surface area contributed by atoms with Crippen molar-refractivity contribution in [3.8, 4) is 6.07 Å². The van der Waals surface area contributed by atoms with E-state index in [-0.39, 0.29) is 19.0 Å². The summed E-state index contributed by atoms with van der Waals surface area (Å²) < 4.78 is 0. The first-order valence-electron chi connectivity index (χ1n) is 5.68. The molecule has 0 rings (SSSR count). The van der Waals surface area contributed by atoms with E-state index < -0.39 is 30.4 Å². The van der Waals surface area contributed by atoms with Crippen molar-refractivity contribution >= 4 is 18.0 Å². The molecule has 0 aliphatic carbocycles. The molecule has 0 saturated carbocycles. The van der Waals surface area contributed by atoms with Gasteiger partial charge in [0.25, 0.3) is 0 Å². The lowest BCUT2D eigenvalue weighted by Crippen LogP contribution is -2.51. The molecule has 1 unspecified atom stereocenters. The van der Waals surface area contributed by atoms with E-state index in [1.807, 2.05) is 6.07 Å². The second-order valence-corrected chi connectivity index (χ2v) is 4.13. The fraction of sp³-hybridized carbons (Fsp3) is 0.636. The third-order valence-electron chi connectivity index (χ3n) is 2.32. The standard InChI is InChI=1S/C11H17N3O5/c1-7(2)14(5-3-4-12)11(19)13-8(10(17)18)6-9(15)16/h7-8H,3,5-6H2,1-2H3,(H,13,19)(H,15,16)(H,17,18).